The van der Waals surface area contributed by atoms with E-state index in [1.165, 1.54) is 74.6 Å². The molecule has 1 aromatic carbocycles. The normalized spacial score (nSPS) is 21.2. The molecular weight excluding hydrogens is 256 g/mol. The van der Waals surface area contributed by atoms with Crippen molar-refractivity contribution in [2.45, 2.75) is 76.8 Å². The highest BCUT2D eigenvalue weighted by atomic mass is 14.9. The summed E-state index contributed by atoms with van der Waals surface area (Å²) >= 11 is 0. The van der Waals surface area contributed by atoms with Crippen molar-refractivity contribution >= 4 is 11.9 Å². The van der Waals surface area contributed by atoms with Crippen LogP contribution in [0.4, 0.5) is 5.69 Å². The molecular formula is C19H28N2. The van der Waals surface area contributed by atoms with Gasteiger partial charge in [-0.1, -0.05) is 38.2 Å². The van der Waals surface area contributed by atoms with Crippen LogP contribution in [-0.4, -0.2) is 18.3 Å². The van der Waals surface area contributed by atoms with Crippen LogP contribution in [0.15, 0.2) is 23.2 Å². The van der Waals surface area contributed by atoms with E-state index in [4.69, 9.17) is 4.99 Å². The molecule has 0 spiro atoms. The van der Waals surface area contributed by atoms with E-state index in [2.05, 4.69) is 36.7 Å². The van der Waals surface area contributed by atoms with E-state index in [0.29, 0.717) is 12.1 Å². The first kappa shape index (κ1) is 14.6. The Labute approximate surface area is 129 Å². The minimum atomic E-state index is 0.564. The third-order valence-electron chi connectivity index (χ3n) is 4.99. The molecule has 1 N–H and O–H groups in total. The minimum absolute atomic E-state index is 0.564. The van der Waals surface area contributed by atoms with Gasteiger partial charge in [0.1, 0.15) is 0 Å². The lowest BCUT2D eigenvalue weighted by Gasteiger charge is -2.17. The smallest absolute Gasteiger partial charge is 0.0499 e. The number of nitrogens with one attached hydrogen (secondary N) is 1. The summed E-state index contributed by atoms with van der Waals surface area (Å²) in [5.41, 5.74) is 3.88. The summed E-state index contributed by atoms with van der Waals surface area (Å²) in [4.78, 5) is 4.80. The van der Waals surface area contributed by atoms with Gasteiger partial charge in [0, 0.05) is 24.0 Å². The number of hydrogen-bond donors (Lipinski definition) is 1. The third kappa shape index (κ3) is 4.09. The lowest BCUT2D eigenvalue weighted by Crippen LogP contribution is -2.14. The van der Waals surface area contributed by atoms with Crippen molar-refractivity contribution in [1.82, 2.24) is 0 Å². The van der Waals surface area contributed by atoms with E-state index >= 15 is 0 Å². The van der Waals surface area contributed by atoms with Gasteiger partial charge < -0.3 is 5.32 Å². The van der Waals surface area contributed by atoms with Crippen LogP contribution in [0.3, 0.4) is 0 Å². The Morgan fingerprint density at radius 1 is 1.00 bits per heavy atom. The molecule has 114 valence electrons. The molecule has 0 atom stereocenters. The first-order valence-electron chi connectivity index (χ1n) is 8.71. The molecule has 2 heteroatoms. The van der Waals surface area contributed by atoms with Gasteiger partial charge in [0.15, 0.2) is 0 Å². The Morgan fingerprint density at radius 3 is 2.43 bits per heavy atom. The maximum absolute atomic E-state index is 4.80. The van der Waals surface area contributed by atoms with Crippen molar-refractivity contribution in [3.63, 3.8) is 0 Å². The van der Waals surface area contributed by atoms with Crippen LogP contribution >= 0.6 is 0 Å². The Bertz CT molecular complexity index is 480. The number of aliphatic imine (C=N–C) groups is 1. The maximum Gasteiger partial charge on any atom is 0.0499 e. The highest BCUT2D eigenvalue weighted by Gasteiger charge is 2.14. The van der Waals surface area contributed by atoms with Gasteiger partial charge in [0.25, 0.3) is 0 Å². The average molecular weight is 284 g/mol. The first-order chi connectivity index (χ1) is 10.3. The van der Waals surface area contributed by atoms with Crippen molar-refractivity contribution in [3.8, 4) is 0 Å². The second-order valence-electron chi connectivity index (χ2n) is 6.77. The maximum atomic E-state index is 4.80. The van der Waals surface area contributed by atoms with Crippen molar-refractivity contribution < 1.29 is 0 Å². The topological polar surface area (TPSA) is 24.4 Å². The summed E-state index contributed by atoms with van der Waals surface area (Å²) in [5, 5.41) is 3.67. The molecule has 0 amide bonds. The van der Waals surface area contributed by atoms with Crippen molar-refractivity contribution in [3.05, 3.63) is 29.3 Å². The SMILES string of the molecule is Cc1cc(NC2CCCC2)ccc1C=NC1CCCCC1. The van der Waals surface area contributed by atoms with Crippen LogP contribution in [0.25, 0.3) is 0 Å². The monoisotopic (exact) mass is 284 g/mol. The van der Waals surface area contributed by atoms with Crippen LogP contribution in [0.5, 0.6) is 0 Å². The third-order valence-corrected chi connectivity index (χ3v) is 4.99. The molecule has 3 rings (SSSR count). The van der Waals surface area contributed by atoms with E-state index in [1.54, 1.807) is 0 Å². The molecule has 0 heterocycles. The predicted molar refractivity (Wildman–Crippen MR) is 91.5 cm³/mol. The molecule has 0 saturated heterocycles. The molecule has 21 heavy (non-hydrogen) atoms. The Kier molecular flexibility index (Phi) is 4.95. The predicted octanol–water partition coefficient (Wildman–Crippen LogP) is 5.10. The first-order valence-corrected chi connectivity index (χ1v) is 8.71. The van der Waals surface area contributed by atoms with Gasteiger partial charge >= 0.3 is 0 Å². The summed E-state index contributed by atoms with van der Waals surface area (Å²) in [5.74, 6) is 0. The summed E-state index contributed by atoms with van der Waals surface area (Å²) < 4.78 is 0. The van der Waals surface area contributed by atoms with E-state index in [9.17, 15) is 0 Å². The quantitative estimate of drug-likeness (QED) is 0.764. The van der Waals surface area contributed by atoms with Crippen molar-refractivity contribution in [2.75, 3.05) is 5.32 Å². The molecule has 1 aromatic rings. The lowest BCUT2D eigenvalue weighted by atomic mass is 9.96. The zero-order chi connectivity index (χ0) is 14.5. The number of aryl methyl sites for hydroxylation is 1. The largest absolute Gasteiger partial charge is 0.382 e. The van der Waals surface area contributed by atoms with Gasteiger partial charge in [0.2, 0.25) is 0 Å². The van der Waals surface area contributed by atoms with Crippen LogP contribution in [0, 0.1) is 6.92 Å². The van der Waals surface area contributed by atoms with E-state index < -0.39 is 0 Å². The molecule has 2 nitrogen and oxygen atoms in total. The van der Waals surface area contributed by atoms with Crippen molar-refractivity contribution in [1.29, 1.82) is 0 Å². The van der Waals surface area contributed by atoms with Gasteiger partial charge in [-0.3, -0.25) is 4.99 Å². The van der Waals surface area contributed by atoms with Gasteiger partial charge in [-0.15, -0.1) is 0 Å². The number of anilines is 1. The number of benzene rings is 1. The molecule has 2 aliphatic rings. The van der Waals surface area contributed by atoms with Gasteiger partial charge in [-0.25, -0.2) is 0 Å². The molecule has 0 radical (unpaired) electrons. The summed E-state index contributed by atoms with van der Waals surface area (Å²) in [6.07, 6.45) is 14.2. The van der Waals surface area contributed by atoms with E-state index in [0.717, 1.165) is 0 Å². The van der Waals surface area contributed by atoms with Gasteiger partial charge in [-0.05, 0) is 55.9 Å². The Balaban J connectivity index is 1.61. The molecule has 0 aromatic heterocycles. The van der Waals surface area contributed by atoms with Crippen LogP contribution in [0.1, 0.15) is 68.9 Å². The van der Waals surface area contributed by atoms with Crippen LogP contribution in [-0.2, 0) is 0 Å². The number of nitrogens with zero attached hydrogens (tertiary/aromatic N) is 1. The standard InChI is InChI=1S/C19H28N2/c1-15-13-19(21-18-9-5-6-10-18)12-11-16(15)14-20-17-7-3-2-4-8-17/h11-14,17-18,21H,2-10H2,1H3. The second kappa shape index (κ2) is 7.11. The summed E-state index contributed by atoms with van der Waals surface area (Å²) in [7, 11) is 0. The fourth-order valence-corrected chi connectivity index (χ4v) is 3.63. The van der Waals surface area contributed by atoms with Crippen molar-refractivity contribution in [2.24, 2.45) is 4.99 Å². The number of hydrogen-bond acceptors (Lipinski definition) is 2. The Morgan fingerprint density at radius 2 is 1.71 bits per heavy atom. The van der Waals surface area contributed by atoms with Gasteiger partial charge in [-0.2, -0.15) is 0 Å². The fraction of sp³-hybridized carbons (Fsp3) is 0.632. The average Bonchev–Trinajstić information content (AvgIpc) is 3.00. The summed E-state index contributed by atoms with van der Waals surface area (Å²) in [6.45, 7) is 2.20. The molecule has 0 aliphatic heterocycles. The minimum Gasteiger partial charge on any atom is -0.382 e. The van der Waals surface area contributed by atoms with E-state index in [1.807, 2.05) is 0 Å². The second-order valence-corrected chi connectivity index (χ2v) is 6.77. The lowest BCUT2D eigenvalue weighted by molar-refractivity contribution is 0.444. The van der Waals surface area contributed by atoms with E-state index in [-0.39, 0.29) is 0 Å². The molecule has 2 saturated carbocycles. The van der Waals surface area contributed by atoms with Gasteiger partial charge in [0.05, 0.1) is 0 Å². The Hall–Kier alpha value is -1.31. The fourth-order valence-electron chi connectivity index (χ4n) is 3.63. The zero-order valence-corrected chi connectivity index (χ0v) is 13.3. The highest BCUT2D eigenvalue weighted by molar-refractivity contribution is 5.82. The zero-order valence-electron chi connectivity index (χ0n) is 13.3. The molecule has 2 aliphatic carbocycles. The molecule has 0 bridgehead atoms. The highest BCUT2D eigenvalue weighted by Crippen LogP contribution is 2.24. The molecule has 0 unspecified atom stereocenters. The summed E-state index contributed by atoms with van der Waals surface area (Å²) in [6, 6.07) is 7.97. The number of rotatable bonds is 4. The van der Waals surface area contributed by atoms with Crippen LogP contribution in [0.2, 0.25) is 0 Å². The molecule has 2 fully saturated rings. The van der Waals surface area contributed by atoms with Crippen LogP contribution < -0.4 is 5.32 Å².